The quantitative estimate of drug-likeness (QED) is 0.714. The van der Waals surface area contributed by atoms with E-state index in [1.165, 1.54) is 0 Å². The Kier molecular flexibility index (Phi) is 6.59. The summed E-state index contributed by atoms with van der Waals surface area (Å²) in [5.74, 6) is 0.768. The zero-order valence-electron chi connectivity index (χ0n) is 17.9. The van der Waals surface area contributed by atoms with Crippen LogP contribution in [0.2, 0.25) is 0 Å². The molecule has 1 aliphatic rings. The van der Waals surface area contributed by atoms with Crippen LogP contribution in [0, 0.1) is 26.7 Å². The fourth-order valence-electron chi connectivity index (χ4n) is 3.77. The maximum atomic E-state index is 12.8. The largest absolute Gasteiger partial charge is 0.483 e. The van der Waals surface area contributed by atoms with E-state index in [0.29, 0.717) is 43.2 Å². The summed E-state index contributed by atoms with van der Waals surface area (Å²) in [6.07, 6.45) is 0. The summed E-state index contributed by atoms with van der Waals surface area (Å²) in [6, 6.07) is 3.69. The molecule has 0 bridgehead atoms. The standard InChI is InChI=1S/C22H30N2O5/c1-14-8-18(21-15(2)16(3)22(26)29-19(21)9-14)28-13-20(25)24-6-7-27-12-17(11-24)10-23(4)5/h8-9,17H,6-7,10-13H2,1-5H3. The molecule has 1 aromatic carbocycles. The first-order valence-corrected chi connectivity index (χ1v) is 9.94. The Morgan fingerprint density at radius 2 is 2.00 bits per heavy atom. The van der Waals surface area contributed by atoms with Crippen LogP contribution in [0.5, 0.6) is 5.75 Å². The molecular weight excluding hydrogens is 372 g/mol. The van der Waals surface area contributed by atoms with E-state index in [-0.39, 0.29) is 24.1 Å². The molecule has 0 spiro atoms. The smallest absolute Gasteiger partial charge is 0.339 e. The van der Waals surface area contributed by atoms with Gasteiger partial charge < -0.3 is 23.7 Å². The van der Waals surface area contributed by atoms with E-state index in [4.69, 9.17) is 13.9 Å². The van der Waals surface area contributed by atoms with Crippen molar-refractivity contribution in [3.05, 3.63) is 39.2 Å². The summed E-state index contributed by atoms with van der Waals surface area (Å²) in [6.45, 7) is 8.72. The van der Waals surface area contributed by atoms with Gasteiger partial charge in [-0.05, 0) is 58.1 Å². The van der Waals surface area contributed by atoms with Gasteiger partial charge in [0.1, 0.15) is 11.3 Å². The molecule has 7 nitrogen and oxygen atoms in total. The van der Waals surface area contributed by atoms with Crippen LogP contribution in [-0.2, 0) is 9.53 Å². The predicted molar refractivity (Wildman–Crippen MR) is 112 cm³/mol. The van der Waals surface area contributed by atoms with Gasteiger partial charge in [-0.2, -0.15) is 0 Å². The number of ether oxygens (including phenoxy) is 2. The molecule has 2 heterocycles. The monoisotopic (exact) mass is 402 g/mol. The summed E-state index contributed by atoms with van der Waals surface area (Å²) in [5, 5.41) is 0.741. The molecule has 1 atom stereocenters. The Hall–Kier alpha value is -2.38. The highest BCUT2D eigenvalue weighted by Crippen LogP contribution is 2.30. The first-order valence-electron chi connectivity index (χ1n) is 9.94. The summed E-state index contributed by atoms with van der Waals surface area (Å²) >= 11 is 0. The highest BCUT2D eigenvalue weighted by atomic mass is 16.5. The van der Waals surface area contributed by atoms with Crippen molar-refractivity contribution in [1.82, 2.24) is 9.80 Å². The molecule has 1 saturated heterocycles. The lowest BCUT2D eigenvalue weighted by atomic mass is 10.0. The maximum absolute atomic E-state index is 12.8. The van der Waals surface area contributed by atoms with Crippen molar-refractivity contribution in [3.8, 4) is 5.75 Å². The third kappa shape index (κ3) is 4.97. The van der Waals surface area contributed by atoms with Crippen molar-refractivity contribution in [2.45, 2.75) is 20.8 Å². The number of amides is 1. The number of rotatable bonds is 5. The van der Waals surface area contributed by atoms with Crippen molar-refractivity contribution < 1.29 is 18.7 Å². The molecule has 7 heteroatoms. The van der Waals surface area contributed by atoms with Gasteiger partial charge in [0.25, 0.3) is 5.91 Å². The highest BCUT2D eigenvalue weighted by Gasteiger charge is 2.24. The Labute approximate surface area is 171 Å². The van der Waals surface area contributed by atoms with Gasteiger partial charge in [0.2, 0.25) is 0 Å². The number of nitrogens with zero attached hydrogens (tertiary/aromatic N) is 2. The van der Waals surface area contributed by atoms with E-state index in [2.05, 4.69) is 4.90 Å². The van der Waals surface area contributed by atoms with Gasteiger partial charge in [0, 0.05) is 31.1 Å². The SMILES string of the molecule is Cc1cc(OCC(=O)N2CCOCC(CN(C)C)C2)c2c(C)c(C)c(=O)oc2c1. The van der Waals surface area contributed by atoms with Gasteiger partial charge in [0.05, 0.1) is 18.6 Å². The lowest BCUT2D eigenvalue weighted by Gasteiger charge is -2.25. The third-order valence-electron chi connectivity index (χ3n) is 5.32. The van der Waals surface area contributed by atoms with Crippen LogP contribution in [0.15, 0.2) is 21.3 Å². The number of fused-ring (bicyclic) bond motifs is 1. The fraction of sp³-hybridized carbons (Fsp3) is 0.545. The molecule has 1 amide bonds. The van der Waals surface area contributed by atoms with Crippen LogP contribution in [-0.4, -0.2) is 69.3 Å². The minimum Gasteiger partial charge on any atom is -0.483 e. The second-order valence-corrected chi connectivity index (χ2v) is 8.11. The zero-order valence-corrected chi connectivity index (χ0v) is 17.9. The van der Waals surface area contributed by atoms with Gasteiger partial charge in [-0.15, -0.1) is 0 Å². The summed E-state index contributed by atoms with van der Waals surface area (Å²) in [4.78, 5) is 28.8. The van der Waals surface area contributed by atoms with Crippen molar-refractivity contribution >= 4 is 16.9 Å². The van der Waals surface area contributed by atoms with E-state index >= 15 is 0 Å². The number of aryl methyl sites for hydroxylation is 2. The van der Waals surface area contributed by atoms with E-state index in [9.17, 15) is 9.59 Å². The van der Waals surface area contributed by atoms with E-state index in [1.807, 2.05) is 45.0 Å². The van der Waals surface area contributed by atoms with Gasteiger partial charge >= 0.3 is 5.63 Å². The first-order chi connectivity index (χ1) is 13.8. The molecule has 158 valence electrons. The minimum atomic E-state index is -0.348. The Morgan fingerprint density at radius 1 is 1.24 bits per heavy atom. The van der Waals surface area contributed by atoms with Crippen molar-refractivity contribution in [1.29, 1.82) is 0 Å². The van der Waals surface area contributed by atoms with Crippen LogP contribution in [0.3, 0.4) is 0 Å². The molecule has 0 saturated carbocycles. The third-order valence-corrected chi connectivity index (χ3v) is 5.32. The molecule has 1 unspecified atom stereocenters. The minimum absolute atomic E-state index is 0.0646. The fourth-order valence-corrected chi connectivity index (χ4v) is 3.77. The topological polar surface area (TPSA) is 72.2 Å². The van der Waals surface area contributed by atoms with Crippen LogP contribution in [0.25, 0.3) is 11.0 Å². The summed E-state index contributed by atoms with van der Waals surface area (Å²) in [7, 11) is 4.04. The van der Waals surface area contributed by atoms with E-state index < -0.39 is 0 Å². The molecule has 1 aliphatic heterocycles. The van der Waals surface area contributed by atoms with Gasteiger partial charge in [-0.3, -0.25) is 4.79 Å². The maximum Gasteiger partial charge on any atom is 0.339 e. The van der Waals surface area contributed by atoms with Crippen LogP contribution in [0.4, 0.5) is 0 Å². The van der Waals surface area contributed by atoms with Crippen LogP contribution >= 0.6 is 0 Å². The second kappa shape index (κ2) is 8.97. The molecule has 0 aliphatic carbocycles. The zero-order chi connectivity index (χ0) is 21.1. The Bertz CT molecular complexity index is 950. The second-order valence-electron chi connectivity index (χ2n) is 8.11. The van der Waals surface area contributed by atoms with Crippen molar-refractivity contribution in [2.75, 3.05) is 53.6 Å². The molecular formula is C22H30N2O5. The molecule has 0 radical (unpaired) electrons. The molecule has 29 heavy (non-hydrogen) atoms. The lowest BCUT2D eigenvalue weighted by molar-refractivity contribution is -0.133. The predicted octanol–water partition coefficient (Wildman–Crippen LogP) is 2.13. The van der Waals surface area contributed by atoms with Gasteiger partial charge in [0.15, 0.2) is 6.61 Å². The van der Waals surface area contributed by atoms with Gasteiger partial charge in [-0.25, -0.2) is 4.79 Å². The summed E-state index contributed by atoms with van der Waals surface area (Å²) in [5.41, 5.74) is 2.40. The average molecular weight is 402 g/mol. The lowest BCUT2D eigenvalue weighted by Crippen LogP contribution is -2.41. The Morgan fingerprint density at radius 3 is 2.72 bits per heavy atom. The number of carbonyl (C=O) groups excluding carboxylic acids is 1. The average Bonchev–Trinajstić information content (AvgIpc) is 2.88. The number of hydrogen-bond acceptors (Lipinski definition) is 6. The van der Waals surface area contributed by atoms with E-state index in [1.54, 1.807) is 6.92 Å². The van der Waals surface area contributed by atoms with Crippen LogP contribution in [0.1, 0.15) is 16.7 Å². The molecule has 2 aromatic rings. The molecule has 3 rings (SSSR count). The van der Waals surface area contributed by atoms with Gasteiger partial charge in [-0.1, -0.05) is 0 Å². The number of benzene rings is 1. The van der Waals surface area contributed by atoms with E-state index in [0.717, 1.165) is 23.1 Å². The summed E-state index contributed by atoms with van der Waals surface area (Å²) < 4.78 is 17.0. The molecule has 1 fully saturated rings. The number of carbonyl (C=O) groups is 1. The van der Waals surface area contributed by atoms with Crippen LogP contribution < -0.4 is 10.4 Å². The molecule has 1 aromatic heterocycles. The van der Waals surface area contributed by atoms with Crippen molar-refractivity contribution in [3.63, 3.8) is 0 Å². The molecule has 0 N–H and O–H groups in total. The normalized spacial score (nSPS) is 17.6. The Balaban J connectivity index is 1.78. The first kappa shape index (κ1) is 21.3. The number of hydrogen-bond donors (Lipinski definition) is 0. The van der Waals surface area contributed by atoms with Crippen molar-refractivity contribution in [2.24, 2.45) is 5.92 Å². The highest BCUT2D eigenvalue weighted by molar-refractivity contribution is 5.88.